The first-order valence-corrected chi connectivity index (χ1v) is 8.53. The number of carbonyl (C=O) groups excluding carboxylic acids is 1. The highest BCUT2D eigenvalue weighted by molar-refractivity contribution is 5.95. The third-order valence-electron chi connectivity index (χ3n) is 4.51. The minimum atomic E-state index is -0.306. The topological polar surface area (TPSA) is 57.2 Å². The van der Waals surface area contributed by atoms with Crippen molar-refractivity contribution in [1.29, 1.82) is 0 Å². The van der Waals surface area contributed by atoms with Crippen LogP contribution in [0.3, 0.4) is 0 Å². The van der Waals surface area contributed by atoms with E-state index in [2.05, 4.69) is 0 Å². The van der Waals surface area contributed by atoms with Gasteiger partial charge in [-0.05, 0) is 29.8 Å². The fourth-order valence-electron chi connectivity index (χ4n) is 3.10. The highest BCUT2D eigenvalue weighted by Gasteiger charge is 2.27. The summed E-state index contributed by atoms with van der Waals surface area (Å²) in [5.74, 6) is 0.805. The van der Waals surface area contributed by atoms with E-state index in [1.165, 1.54) is 33.5 Å². The summed E-state index contributed by atoms with van der Waals surface area (Å²) in [4.78, 5) is 14.7. The SMILES string of the molecule is COc1cc(C(=O)N2CCOC(c3ccc(F)cc3)C2)cc(OC)c1OC. The molecule has 0 radical (unpaired) electrons. The lowest BCUT2D eigenvalue weighted by Crippen LogP contribution is -2.42. The Labute approximate surface area is 157 Å². The van der Waals surface area contributed by atoms with E-state index >= 15 is 0 Å². The molecular weight excluding hydrogens is 353 g/mol. The smallest absolute Gasteiger partial charge is 0.254 e. The molecule has 0 bridgehead atoms. The molecule has 1 fully saturated rings. The second kappa shape index (κ2) is 8.26. The number of benzene rings is 2. The van der Waals surface area contributed by atoms with Crippen LogP contribution in [-0.4, -0.2) is 51.8 Å². The minimum absolute atomic E-state index is 0.162. The van der Waals surface area contributed by atoms with Crippen molar-refractivity contribution >= 4 is 5.91 Å². The van der Waals surface area contributed by atoms with Crippen LogP contribution in [0.5, 0.6) is 17.2 Å². The molecule has 1 unspecified atom stereocenters. The second-order valence-corrected chi connectivity index (χ2v) is 6.08. The van der Waals surface area contributed by atoms with Gasteiger partial charge in [0.25, 0.3) is 5.91 Å². The van der Waals surface area contributed by atoms with Gasteiger partial charge in [-0.15, -0.1) is 0 Å². The van der Waals surface area contributed by atoms with E-state index in [0.717, 1.165) is 5.56 Å². The number of carbonyl (C=O) groups is 1. The molecule has 1 aliphatic rings. The van der Waals surface area contributed by atoms with Gasteiger partial charge in [0.2, 0.25) is 5.75 Å². The molecule has 0 N–H and O–H groups in total. The van der Waals surface area contributed by atoms with Crippen LogP contribution in [0.2, 0.25) is 0 Å². The Kier molecular flexibility index (Phi) is 5.81. The summed E-state index contributed by atoms with van der Waals surface area (Å²) >= 11 is 0. The lowest BCUT2D eigenvalue weighted by atomic mass is 10.1. The zero-order chi connectivity index (χ0) is 19.4. The van der Waals surface area contributed by atoms with Crippen LogP contribution in [0, 0.1) is 5.82 Å². The largest absolute Gasteiger partial charge is 0.493 e. The molecule has 2 aromatic rings. The van der Waals surface area contributed by atoms with Gasteiger partial charge in [-0.25, -0.2) is 4.39 Å². The number of rotatable bonds is 5. The number of morpholine rings is 1. The van der Waals surface area contributed by atoms with Crippen molar-refractivity contribution in [2.45, 2.75) is 6.10 Å². The van der Waals surface area contributed by atoms with E-state index in [1.54, 1.807) is 29.2 Å². The number of hydrogen-bond acceptors (Lipinski definition) is 5. The van der Waals surface area contributed by atoms with E-state index in [9.17, 15) is 9.18 Å². The van der Waals surface area contributed by atoms with Gasteiger partial charge in [-0.1, -0.05) is 12.1 Å². The Morgan fingerprint density at radius 2 is 1.70 bits per heavy atom. The summed E-state index contributed by atoms with van der Waals surface area (Å²) in [7, 11) is 4.52. The maximum absolute atomic E-state index is 13.1. The van der Waals surface area contributed by atoms with Crippen LogP contribution >= 0.6 is 0 Å². The highest BCUT2D eigenvalue weighted by Crippen LogP contribution is 2.38. The third-order valence-corrected chi connectivity index (χ3v) is 4.51. The van der Waals surface area contributed by atoms with Gasteiger partial charge in [0.1, 0.15) is 11.9 Å². The molecule has 6 nitrogen and oxygen atoms in total. The van der Waals surface area contributed by atoms with Crippen LogP contribution in [0.15, 0.2) is 36.4 Å². The Hall–Kier alpha value is -2.80. The normalized spacial score (nSPS) is 16.7. The molecule has 1 atom stereocenters. The summed E-state index contributed by atoms with van der Waals surface area (Å²) in [5, 5.41) is 0. The molecule has 0 spiro atoms. The van der Waals surface area contributed by atoms with Gasteiger partial charge in [0, 0.05) is 12.1 Å². The third kappa shape index (κ3) is 3.98. The molecule has 0 aliphatic carbocycles. The Morgan fingerprint density at radius 1 is 1.07 bits per heavy atom. The predicted octanol–water partition coefficient (Wildman–Crippen LogP) is 3.07. The number of hydrogen-bond donors (Lipinski definition) is 0. The Morgan fingerprint density at radius 3 is 2.26 bits per heavy atom. The van der Waals surface area contributed by atoms with Gasteiger partial charge >= 0.3 is 0 Å². The summed E-state index contributed by atoms with van der Waals surface area (Å²) in [6.45, 7) is 1.24. The fourth-order valence-corrected chi connectivity index (χ4v) is 3.10. The summed E-state index contributed by atoms with van der Waals surface area (Å²) < 4.78 is 34.8. The highest BCUT2D eigenvalue weighted by atomic mass is 19.1. The summed E-state index contributed by atoms with van der Waals surface area (Å²) in [5.41, 5.74) is 1.27. The number of nitrogens with zero attached hydrogens (tertiary/aromatic N) is 1. The van der Waals surface area contributed by atoms with Gasteiger partial charge in [0.15, 0.2) is 11.5 Å². The molecule has 7 heteroatoms. The fraction of sp³-hybridized carbons (Fsp3) is 0.350. The van der Waals surface area contributed by atoms with Crippen LogP contribution in [-0.2, 0) is 4.74 Å². The maximum atomic E-state index is 13.1. The van der Waals surface area contributed by atoms with E-state index in [4.69, 9.17) is 18.9 Å². The number of halogens is 1. The van der Waals surface area contributed by atoms with E-state index in [1.807, 2.05) is 0 Å². The van der Waals surface area contributed by atoms with Gasteiger partial charge < -0.3 is 23.8 Å². The van der Waals surface area contributed by atoms with Crippen LogP contribution in [0.4, 0.5) is 4.39 Å². The first-order chi connectivity index (χ1) is 13.1. The van der Waals surface area contributed by atoms with Crippen molar-refractivity contribution in [3.05, 3.63) is 53.3 Å². The predicted molar refractivity (Wildman–Crippen MR) is 97.1 cm³/mol. The summed E-state index contributed by atoms with van der Waals surface area (Å²) in [6.07, 6.45) is -0.301. The molecule has 27 heavy (non-hydrogen) atoms. The molecule has 144 valence electrons. The molecule has 1 amide bonds. The number of ether oxygens (including phenoxy) is 4. The zero-order valence-corrected chi connectivity index (χ0v) is 15.5. The zero-order valence-electron chi connectivity index (χ0n) is 15.5. The van der Waals surface area contributed by atoms with Gasteiger partial charge in [-0.2, -0.15) is 0 Å². The van der Waals surface area contributed by atoms with Gasteiger partial charge in [0.05, 0.1) is 34.5 Å². The summed E-state index contributed by atoms with van der Waals surface area (Å²) in [6, 6.07) is 9.39. The van der Waals surface area contributed by atoms with Crippen molar-refractivity contribution in [2.24, 2.45) is 0 Å². The molecular formula is C20H22FNO5. The van der Waals surface area contributed by atoms with E-state index < -0.39 is 0 Å². The van der Waals surface area contributed by atoms with Crippen molar-refractivity contribution in [2.75, 3.05) is 41.0 Å². The van der Waals surface area contributed by atoms with Crippen molar-refractivity contribution in [3.8, 4) is 17.2 Å². The van der Waals surface area contributed by atoms with Crippen molar-refractivity contribution in [3.63, 3.8) is 0 Å². The monoisotopic (exact) mass is 375 g/mol. The second-order valence-electron chi connectivity index (χ2n) is 6.08. The average Bonchev–Trinajstić information content (AvgIpc) is 2.72. The van der Waals surface area contributed by atoms with Crippen LogP contribution in [0.1, 0.15) is 22.0 Å². The Bertz CT molecular complexity index is 784. The standard InChI is InChI=1S/C20H22FNO5/c1-24-16-10-14(11-17(25-2)19(16)26-3)20(23)22-8-9-27-18(12-22)13-4-6-15(21)7-5-13/h4-7,10-11,18H,8-9,12H2,1-3H3. The maximum Gasteiger partial charge on any atom is 0.254 e. The average molecular weight is 375 g/mol. The Balaban J connectivity index is 1.83. The molecule has 1 aliphatic heterocycles. The van der Waals surface area contributed by atoms with Crippen molar-refractivity contribution < 1.29 is 28.1 Å². The van der Waals surface area contributed by atoms with E-state index in [-0.39, 0.29) is 17.8 Å². The lowest BCUT2D eigenvalue weighted by Gasteiger charge is -2.33. The van der Waals surface area contributed by atoms with Crippen molar-refractivity contribution in [1.82, 2.24) is 4.90 Å². The lowest BCUT2D eigenvalue weighted by molar-refractivity contribution is -0.0228. The van der Waals surface area contributed by atoms with Crippen LogP contribution in [0.25, 0.3) is 0 Å². The molecule has 2 aromatic carbocycles. The number of methoxy groups -OCH3 is 3. The first kappa shape index (κ1) is 19.0. The molecule has 0 aromatic heterocycles. The molecule has 3 rings (SSSR count). The van der Waals surface area contributed by atoms with E-state index in [0.29, 0.717) is 42.5 Å². The molecule has 0 saturated carbocycles. The van der Waals surface area contributed by atoms with Gasteiger partial charge in [-0.3, -0.25) is 4.79 Å². The molecule has 1 heterocycles. The molecule has 1 saturated heterocycles. The quantitative estimate of drug-likeness (QED) is 0.804. The first-order valence-electron chi connectivity index (χ1n) is 8.53. The minimum Gasteiger partial charge on any atom is -0.493 e. The number of amides is 1. The van der Waals surface area contributed by atoms with Crippen LogP contribution < -0.4 is 14.2 Å².